The molecule has 3 heterocycles. The summed E-state index contributed by atoms with van der Waals surface area (Å²) in [4.78, 5) is 16.1. The second kappa shape index (κ2) is 7.04. The summed E-state index contributed by atoms with van der Waals surface area (Å²) in [6.07, 6.45) is 6.08. The van der Waals surface area contributed by atoms with Gasteiger partial charge in [0.15, 0.2) is 0 Å². The topological polar surface area (TPSA) is 47.7 Å². The molecule has 2 N–H and O–H groups in total. The number of epoxide rings is 1. The van der Waals surface area contributed by atoms with Crippen LogP contribution >= 0.6 is 0 Å². The Labute approximate surface area is 179 Å². The minimum atomic E-state index is 0.0864. The number of piperazine rings is 1. The maximum Gasteiger partial charge on any atom is 0.315 e. The minimum absolute atomic E-state index is 0.0864. The summed E-state index contributed by atoms with van der Waals surface area (Å²) in [5.74, 6) is 1.20. The predicted molar refractivity (Wildman–Crippen MR) is 113 cm³/mol. The number of carbonyl (C=O) groups is 1. The summed E-state index contributed by atoms with van der Waals surface area (Å²) in [6.45, 7) is 8.91. The van der Waals surface area contributed by atoms with Crippen molar-refractivity contribution in [1.29, 1.82) is 0 Å². The molecule has 0 radical (unpaired) electrons. The second-order valence-electron chi connectivity index (χ2n) is 11.0. The van der Waals surface area contributed by atoms with Crippen LogP contribution in [0.5, 0.6) is 0 Å². The molecule has 1 aromatic carbocycles. The molecule has 0 bridgehead atoms. The maximum atomic E-state index is 12.9. The van der Waals surface area contributed by atoms with Gasteiger partial charge in [-0.3, -0.25) is 9.69 Å². The Balaban J connectivity index is 1.12. The molecular formula is C25H36N2O3+2. The van der Waals surface area contributed by atoms with Crippen molar-refractivity contribution in [2.24, 2.45) is 23.2 Å². The Hall–Kier alpha value is -1.43. The second-order valence-corrected chi connectivity index (χ2v) is 11.0. The third-order valence-electron chi connectivity index (χ3n) is 9.33. The van der Waals surface area contributed by atoms with Crippen molar-refractivity contribution in [2.75, 3.05) is 39.3 Å². The van der Waals surface area contributed by atoms with Crippen LogP contribution in [-0.4, -0.2) is 57.0 Å². The molecule has 5 aliphatic rings. The summed E-state index contributed by atoms with van der Waals surface area (Å²) in [5.41, 5.74) is 1.84. The number of ether oxygens (including phenoxy) is 2. The van der Waals surface area contributed by atoms with Crippen LogP contribution < -0.4 is 9.80 Å². The first-order chi connectivity index (χ1) is 14.6. The first-order valence-electron chi connectivity index (χ1n) is 12.1. The van der Waals surface area contributed by atoms with Crippen LogP contribution in [0, 0.1) is 23.2 Å². The number of fused-ring (bicyclic) bond motifs is 3. The van der Waals surface area contributed by atoms with Gasteiger partial charge in [0.1, 0.15) is 43.9 Å². The number of esters is 1. The summed E-state index contributed by atoms with van der Waals surface area (Å²) in [5, 5.41) is 0. The van der Waals surface area contributed by atoms with Crippen molar-refractivity contribution in [3.05, 3.63) is 30.3 Å². The van der Waals surface area contributed by atoms with E-state index in [-0.39, 0.29) is 23.6 Å². The maximum absolute atomic E-state index is 12.9. The average molecular weight is 413 g/mol. The van der Waals surface area contributed by atoms with Gasteiger partial charge in [-0.15, -0.1) is 0 Å². The Morgan fingerprint density at radius 3 is 2.60 bits per heavy atom. The first kappa shape index (κ1) is 19.3. The molecule has 2 saturated carbocycles. The molecule has 162 valence electrons. The fourth-order valence-corrected chi connectivity index (χ4v) is 7.57. The van der Waals surface area contributed by atoms with E-state index in [1.165, 1.54) is 24.9 Å². The zero-order chi connectivity index (χ0) is 20.3. The van der Waals surface area contributed by atoms with Gasteiger partial charge in [-0.25, -0.2) is 0 Å². The van der Waals surface area contributed by atoms with Gasteiger partial charge in [-0.1, -0.05) is 25.1 Å². The van der Waals surface area contributed by atoms with Gasteiger partial charge < -0.3 is 14.4 Å². The monoisotopic (exact) mass is 412 g/mol. The molecule has 5 fully saturated rings. The standard InChI is InChI=1S/C25H34N2O3/c1-24-8-5-9-25(17-29-25)22(24)14-19-20(23(28)30-21(19)15-24)16-26-10-12-27(13-11-26)18-6-3-2-4-7-18/h2-4,6-7,19-22H,5,8-17H2,1H3/p+2/t19-,20-,21-,22+,24-,25-/m1/s1. The summed E-state index contributed by atoms with van der Waals surface area (Å²) >= 11 is 0. The lowest BCUT2D eigenvalue weighted by Gasteiger charge is -2.51. The molecule has 5 heteroatoms. The largest absolute Gasteiger partial charge is 0.462 e. The van der Waals surface area contributed by atoms with Gasteiger partial charge in [0.05, 0.1) is 18.8 Å². The van der Waals surface area contributed by atoms with Crippen molar-refractivity contribution >= 4 is 11.7 Å². The zero-order valence-electron chi connectivity index (χ0n) is 18.2. The molecule has 2 aliphatic carbocycles. The number of carbonyl (C=O) groups excluding carboxylic acids is 1. The van der Waals surface area contributed by atoms with Gasteiger partial charge >= 0.3 is 5.97 Å². The van der Waals surface area contributed by atoms with E-state index in [0.29, 0.717) is 17.3 Å². The summed E-state index contributed by atoms with van der Waals surface area (Å²) in [7, 11) is 0. The number of benzene rings is 1. The quantitative estimate of drug-likeness (QED) is 0.566. The van der Waals surface area contributed by atoms with E-state index in [2.05, 4.69) is 37.3 Å². The third-order valence-corrected chi connectivity index (χ3v) is 9.33. The smallest absolute Gasteiger partial charge is 0.315 e. The first-order valence-corrected chi connectivity index (χ1v) is 12.1. The zero-order valence-corrected chi connectivity index (χ0v) is 18.2. The lowest BCUT2D eigenvalue weighted by Crippen LogP contribution is -3.26. The number of hydrogen-bond acceptors (Lipinski definition) is 3. The van der Waals surface area contributed by atoms with E-state index in [1.54, 1.807) is 9.80 Å². The van der Waals surface area contributed by atoms with Gasteiger partial charge in [-0.05, 0) is 55.6 Å². The molecule has 1 aromatic rings. The van der Waals surface area contributed by atoms with Crippen molar-refractivity contribution in [1.82, 2.24) is 0 Å². The Kier molecular flexibility index (Phi) is 4.52. The fraction of sp³-hybridized carbons (Fsp3) is 0.720. The number of nitrogens with one attached hydrogen (secondary N) is 2. The molecule has 6 rings (SSSR count). The van der Waals surface area contributed by atoms with E-state index in [1.807, 2.05) is 0 Å². The third kappa shape index (κ3) is 3.12. The highest BCUT2D eigenvalue weighted by molar-refractivity contribution is 5.75. The average Bonchev–Trinajstić information content (AvgIpc) is 3.46. The van der Waals surface area contributed by atoms with E-state index in [9.17, 15) is 4.79 Å². The Bertz CT molecular complexity index is 802. The van der Waals surface area contributed by atoms with Crippen LogP contribution in [0.1, 0.15) is 39.0 Å². The molecule has 0 unspecified atom stereocenters. The fourth-order valence-electron chi connectivity index (χ4n) is 7.57. The Morgan fingerprint density at radius 2 is 1.87 bits per heavy atom. The highest BCUT2D eigenvalue weighted by atomic mass is 16.6. The van der Waals surface area contributed by atoms with Crippen molar-refractivity contribution in [3.63, 3.8) is 0 Å². The Morgan fingerprint density at radius 1 is 1.10 bits per heavy atom. The van der Waals surface area contributed by atoms with E-state index in [4.69, 9.17) is 9.47 Å². The summed E-state index contributed by atoms with van der Waals surface area (Å²) in [6, 6.07) is 10.8. The lowest BCUT2D eigenvalue weighted by molar-refractivity contribution is -0.987. The van der Waals surface area contributed by atoms with Crippen LogP contribution in [0.2, 0.25) is 0 Å². The van der Waals surface area contributed by atoms with Gasteiger partial charge in [-0.2, -0.15) is 0 Å². The predicted octanol–water partition coefficient (Wildman–Crippen LogP) is 0.629. The molecule has 1 spiro atoms. The lowest BCUT2D eigenvalue weighted by atomic mass is 9.53. The number of rotatable bonds is 3. The van der Waals surface area contributed by atoms with Crippen LogP contribution in [0.3, 0.4) is 0 Å². The molecule has 5 nitrogen and oxygen atoms in total. The van der Waals surface area contributed by atoms with Gasteiger partial charge in [0.25, 0.3) is 0 Å². The molecule has 3 saturated heterocycles. The highest BCUT2D eigenvalue weighted by Gasteiger charge is 2.65. The van der Waals surface area contributed by atoms with Crippen LogP contribution in [0.15, 0.2) is 30.3 Å². The minimum Gasteiger partial charge on any atom is -0.462 e. The molecule has 6 atom stereocenters. The van der Waals surface area contributed by atoms with E-state index >= 15 is 0 Å². The summed E-state index contributed by atoms with van der Waals surface area (Å²) < 4.78 is 12.1. The normalized spacial score (nSPS) is 47.4. The van der Waals surface area contributed by atoms with Crippen molar-refractivity contribution in [2.45, 2.75) is 50.7 Å². The van der Waals surface area contributed by atoms with Gasteiger partial charge in [0.2, 0.25) is 0 Å². The van der Waals surface area contributed by atoms with Crippen LogP contribution in [0.4, 0.5) is 5.69 Å². The van der Waals surface area contributed by atoms with Crippen molar-refractivity contribution < 1.29 is 24.1 Å². The van der Waals surface area contributed by atoms with Gasteiger partial charge in [0, 0.05) is 5.92 Å². The highest BCUT2D eigenvalue weighted by Crippen LogP contribution is 2.62. The number of para-hydroxylation sites is 1. The van der Waals surface area contributed by atoms with E-state index < -0.39 is 0 Å². The molecular weight excluding hydrogens is 376 g/mol. The number of quaternary nitrogens is 2. The van der Waals surface area contributed by atoms with Crippen LogP contribution in [0.25, 0.3) is 0 Å². The van der Waals surface area contributed by atoms with Crippen LogP contribution in [-0.2, 0) is 14.3 Å². The molecule has 30 heavy (non-hydrogen) atoms. The SMILES string of the molecule is C[C@]12CCC[C@@]3(CO3)[C@H]1C[C@H]1[C@@H](C2)OC(=O)[C@@H]1C[NH+]1CC[NH+](c2ccccc2)CC1. The number of hydrogen-bond donors (Lipinski definition) is 2. The molecule has 0 amide bonds. The molecule has 3 aliphatic heterocycles. The van der Waals surface area contributed by atoms with Crippen molar-refractivity contribution in [3.8, 4) is 0 Å². The molecule has 0 aromatic heterocycles. The van der Waals surface area contributed by atoms with E-state index in [0.717, 1.165) is 52.2 Å².